The summed E-state index contributed by atoms with van der Waals surface area (Å²) in [6, 6.07) is 31.1. The summed E-state index contributed by atoms with van der Waals surface area (Å²) in [4.78, 5) is 15.2. The first kappa shape index (κ1) is 21.8. The first-order valence-electron chi connectivity index (χ1n) is 11.1. The van der Waals surface area contributed by atoms with Crippen molar-refractivity contribution in [3.8, 4) is 11.1 Å². The average molecular weight is 423 g/mol. The van der Waals surface area contributed by atoms with Crippen LogP contribution in [0.15, 0.2) is 91.0 Å². The molecule has 4 aromatic carbocycles. The van der Waals surface area contributed by atoms with E-state index in [1.165, 1.54) is 16.3 Å². The Bertz CT molecular complexity index is 1190. The fraction of sp³-hybridized carbons (Fsp3) is 0.207. The summed E-state index contributed by atoms with van der Waals surface area (Å²) in [5.41, 5.74) is 5.29. The summed E-state index contributed by atoms with van der Waals surface area (Å²) < 4.78 is 0. The average Bonchev–Trinajstić information content (AvgIpc) is 2.82. The van der Waals surface area contributed by atoms with E-state index in [0.29, 0.717) is 5.56 Å². The van der Waals surface area contributed by atoms with Crippen LogP contribution in [0.2, 0.25) is 0 Å². The van der Waals surface area contributed by atoms with Crippen LogP contribution in [0.5, 0.6) is 0 Å². The molecular weight excluding hydrogens is 392 g/mol. The van der Waals surface area contributed by atoms with Gasteiger partial charge in [0.2, 0.25) is 0 Å². The van der Waals surface area contributed by atoms with E-state index in [4.69, 9.17) is 0 Å². The van der Waals surface area contributed by atoms with Crippen molar-refractivity contribution in [1.82, 2.24) is 10.2 Å². The SMILES string of the molecule is Cc1ccc(C(CCN(C)C)NC(=O)c2ccc(-c3ccc4ccccc4c3)cc2)cc1. The highest BCUT2D eigenvalue weighted by Gasteiger charge is 2.16. The number of hydrogen-bond donors (Lipinski definition) is 1. The molecule has 162 valence electrons. The van der Waals surface area contributed by atoms with Crippen molar-refractivity contribution in [3.05, 3.63) is 108 Å². The molecule has 0 spiro atoms. The van der Waals surface area contributed by atoms with Crippen LogP contribution in [0, 0.1) is 6.92 Å². The molecule has 0 saturated carbocycles. The van der Waals surface area contributed by atoms with Gasteiger partial charge in [-0.2, -0.15) is 0 Å². The highest BCUT2D eigenvalue weighted by atomic mass is 16.1. The second-order valence-corrected chi connectivity index (χ2v) is 8.67. The van der Waals surface area contributed by atoms with Gasteiger partial charge in [0.25, 0.3) is 5.91 Å². The van der Waals surface area contributed by atoms with Gasteiger partial charge >= 0.3 is 0 Å². The Morgan fingerprint density at radius 3 is 2.16 bits per heavy atom. The molecule has 3 heteroatoms. The topological polar surface area (TPSA) is 32.3 Å². The van der Waals surface area contributed by atoms with E-state index in [2.05, 4.69) is 98.0 Å². The third-order valence-electron chi connectivity index (χ3n) is 5.88. The largest absolute Gasteiger partial charge is 0.345 e. The molecule has 0 heterocycles. The van der Waals surface area contributed by atoms with Crippen molar-refractivity contribution in [2.75, 3.05) is 20.6 Å². The molecule has 0 aromatic heterocycles. The van der Waals surface area contributed by atoms with Crippen LogP contribution in [0.1, 0.15) is 33.9 Å². The fourth-order valence-electron chi connectivity index (χ4n) is 3.93. The van der Waals surface area contributed by atoms with Crippen molar-refractivity contribution in [1.29, 1.82) is 0 Å². The highest BCUT2D eigenvalue weighted by molar-refractivity contribution is 5.95. The van der Waals surface area contributed by atoms with Gasteiger partial charge < -0.3 is 10.2 Å². The van der Waals surface area contributed by atoms with E-state index in [0.717, 1.165) is 29.7 Å². The number of fused-ring (bicyclic) bond motifs is 1. The lowest BCUT2D eigenvalue weighted by atomic mass is 9.99. The van der Waals surface area contributed by atoms with Gasteiger partial charge in [0.15, 0.2) is 0 Å². The van der Waals surface area contributed by atoms with Gasteiger partial charge in [-0.05, 0) is 79.6 Å². The summed E-state index contributed by atoms with van der Waals surface area (Å²) >= 11 is 0. The van der Waals surface area contributed by atoms with Crippen LogP contribution < -0.4 is 5.32 Å². The number of nitrogens with zero attached hydrogens (tertiary/aromatic N) is 1. The first-order chi connectivity index (χ1) is 15.5. The first-order valence-corrected chi connectivity index (χ1v) is 11.1. The number of carbonyl (C=O) groups is 1. The van der Waals surface area contributed by atoms with Crippen LogP contribution >= 0.6 is 0 Å². The molecule has 0 aliphatic heterocycles. The number of rotatable bonds is 7. The Labute approximate surface area is 190 Å². The normalized spacial score (nSPS) is 12.1. The molecule has 0 fully saturated rings. The van der Waals surface area contributed by atoms with Gasteiger partial charge in [-0.15, -0.1) is 0 Å². The zero-order valence-corrected chi connectivity index (χ0v) is 19.0. The minimum absolute atomic E-state index is 0.0225. The standard InChI is InChI=1S/C29H30N2O/c1-21-8-10-24(11-9-21)28(18-19-31(2)3)30-29(32)25-15-12-23(13-16-25)27-17-14-22-6-4-5-7-26(22)20-27/h4-17,20,28H,18-19H2,1-3H3,(H,30,32). The lowest BCUT2D eigenvalue weighted by molar-refractivity contribution is 0.0932. The van der Waals surface area contributed by atoms with Gasteiger partial charge in [0.1, 0.15) is 0 Å². The second kappa shape index (κ2) is 9.80. The van der Waals surface area contributed by atoms with E-state index < -0.39 is 0 Å². The Hall–Kier alpha value is -3.43. The van der Waals surface area contributed by atoms with Gasteiger partial charge in [0, 0.05) is 5.56 Å². The molecule has 1 unspecified atom stereocenters. The Morgan fingerprint density at radius 1 is 0.812 bits per heavy atom. The van der Waals surface area contributed by atoms with E-state index >= 15 is 0 Å². The quantitative estimate of drug-likeness (QED) is 0.382. The molecule has 32 heavy (non-hydrogen) atoms. The maximum Gasteiger partial charge on any atom is 0.251 e. The molecule has 4 aromatic rings. The maximum absolute atomic E-state index is 13.0. The molecular formula is C29H30N2O. The van der Waals surface area contributed by atoms with Crippen molar-refractivity contribution >= 4 is 16.7 Å². The smallest absolute Gasteiger partial charge is 0.251 e. The minimum atomic E-state index is -0.0422. The fourth-order valence-corrected chi connectivity index (χ4v) is 3.93. The van der Waals surface area contributed by atoms with Gasteiger partial charge in [-0.3, -0.25) is 4.79 Å². The van der Waals surface area contributed by atoms with Crippen LogP contribution in [-0.2, 0) is 0 Å². The summed E-state index contributed by atoms with van der Waals surface area (Å²) in [6.07, 6.45) is 0.858. The van der Waals surface area contributed by atoms with Crippen LogP contribution in [0.25, 0.3) is 21.9 Å². The molecule has 1 amide bonds. The second-order valence-electron chi connectivity index (χ2n) is 8.67. The molecule has 1 N–H and O–H groups in total. The third-order valence-corrected chi connectivity index (χ3v) is 5.88. The van der Waals surface area contributed by atoms with Crippen molar-refractivity contribution in [2.45, 2.75) is 19.4 Å². The zero-order chi connectivity index (χ0) is 22.5. The molecule has 4 rings (SSSR count). The number of benzene rings is 4. The number of nitrogens with one attached hydrogen (secondary N) is 1. The Kier molecular flexibility index (Phi) is 6.67. The molecule has 0 saturated heterocycles. The number of amides is 1. The van der Waals surface area contributed by atoms with Gasteiger partial charge in [-0.1, -0.05) is 78.4 Å². The van der Waals surface area contributed by atoms with E-state index in [1.54, 1.807) is 0 Å². The van der Waals surface area contributed by atoms with Crippen LogP contribution in [0.3, 0.4) is 0 Å². The van der Waals surface area contributed by atoms with Crippen LogP contribution in [0.4, 0.5) is 0 Å². The Balaban J connectivity index is 1.51. The predicted molar refractivity (Wildman–Crippen MR) is 134 cm³/mol. The molecule has 0 aliphatic rings. The van der Waals surface area contributed by atoms with Crippen LogP contribution in [-0.4, -0.2) is 31.4 Å². The summed E-state index contributed by atoms with van der Waals surface area (Å²) in [7, 11) is 4.11. The van der Waals surface area contributed by atoms with Crippen molar-refractivity contribution in [3.63, 3.8) is 0 Å². The zero-order valence-electron chi connectivity index (χ0n) is 19.0. The van der Waals surface area contributed by atoms with E-state index in [-0.39, 0.29) is 11.9 Å². The van der Waals surface area contributed by atoms with E-state index in [1.807, 2.05) is 24.3 Å². The number of aryl methyl sites for hydroxylation is 1. The lowest BCUT2D eigenvalue weighted by Crippen LogP contribution is -2.31. The van der Waals surface area contributed by atoms with Gasteiger partial charge in [-0.25, -0.2) is 0 Å². The minimum Gasteiger partial charge on any atom is -0.345 e. The molecule has 0 radical (unpaired) electrons. The number of carbonyl (C=O) groups excluding carboxylic acids is 1. The maximum atomic E-state index is 13.0. The lowest BCUT2D eigenvalue weighted by Gasteiger charge is -2.21. The van der Waals surface area contributed by atoms with Crippen molar-refractivity contribution in [2.24, 2.45) is 0 Å². The monoisotopic (exact) mass is 422 g/mol. The molecule has 1 atom stereocenters. The molecule has 3 nitrogen and oxygen atoms in total. The van der Waals surface area contributed by atoms with Gasteiger partial charge in [0.05, 0.1) is 6.04 Å². The molecule has 0 aliphatic carbocycles. The number of hydrogen-bond acceptors (Lipinski definition) is 2. The van der Waals surface area contributed by atoms with Crippen molar-refractivity contribution < 1.29 is 4.79 Å². The van der Waals surface area contributed by atoms with E-state index in [9.17, 15) is 4.79 Å². The highest BCUT2D eigenvalue weighted by Crippen LogP contribution is 2.25. The predicted octanol–water partition coefficient (Wildman–Crippen LogP) is 6.24. The Morgan fingerprint density at radius 2 is 1.47 bits per heavy atom. The summed E-state index contributed by atoms with van der Waals surface area (Å²) in [5, 5.41) is 5.69. The summed E-state index contributed by atoms with van der Waals surface area (Å²) in [5.74, 6) is -0.0422. The summed E-state index contributed by atoms with van der Waals surface area (Å²) in [6.45, 7) is 2.98. The molecule has 0 bridgehead atoms. The third kappa shape index (κ3) is 5.24.